The topological polar surface area (TPSA) is 48.1 Å². The van der Waals surface area contributed by atoms with Crippen molar-refractivity contribution in [3.8, 4) is 5.75 Å². The minimum absolute atomic E-state index is 0.0718. The van der Waals surface area contributed by atoms with E-state index < -0.39 is 5.95 Å². The molecule has 0 aliphatic rings. The van der Waals surface area contributed by atoms with Crippen molar-refractivity contribution in [2.45, 2.75) is 0 Å². The van der Waals surface area contributed by atoms with Crippen LogP contribution in [-0.4, -0.2) is 12.1 Å². The van der Waals surface area contributed by atoms with Crippen molar-refractivity contribution in [3.63, 3.8) is 0 Å². The molecule has 0 aliphatic carbocycles. The molecule has 4 heteroatoms. The summed E-state index contributed by atoms with van der Waals surface area (Å²) >= 11 is 0. The zero-order valence-electron chi connectivity index (χ0n) is 5.47. The third-order valence-electron chi connectivity index (χ3n) is 1.07. The lowest BCUT2D eigenvalue weighted by atomic mass is 10.4. The van der Waals surface area contributed by atoms with Gasteiger partial charge in [0.25, 0.3) is 0 Å². The van der Waals surface area contributed by atoms with E-state index in [0.29, 0.717) is 5.75 Å². The average Bonchev–Trinajstić information content (AvgIpc) is 1.88. The van der Waals surface area contributed by atoms with Gasteiger partial charge in [-0.25, -0.2) is 0 Å². The number of hydrogen-bond donors (Lipinski definition) is 1. The number of hydrogen-bond acceptors (Lipinski definition) is 3. The van der Waals surface area contributed by atoms with Crippen LogP contribution in [0.1, 0.15) is 0 Å². The molecule has 0 aliphatic heterocycles. The molecule has 0 amide bonds. The molecule has 2 N–H and O–H groups in total. The van der Waals surface area contributed by atoms with Gasteiger partial charge in [-0.3, -0.25) is 0 Å². The van der Waals surface area contributed by atoms with Crippen molar-refractivity contribution in [2.24, 2.45) is 0 Å². The second kappa shape index (κ2) is 2.51. The monoisotopic (exact) mass is 142 g/mol. The molecule has 10 heavy (non-hydrogen) atoms. The molecule has 0 unspecified atom stereocenters. The average molecular weight is 142 g/mol. The molecule has 54 valence electrons. The summed E-state index contributed by atoms with van der Waals surface area (Å²) in [4.78, 5) is 3.33. The maximum atomic E-state index is 12.2. The van der Waals surface area contributed by atoms with Crippen molar-refractivity contribution in [2.75, 3.05) is 12.8 Å². The summed E-state index contributed by atoms with van der Waals surface area (Å²) in [5.74, 6) is -0.137. The van der Waals surface area contributed by atoms with Gasteiger partial charge < -0.3 is 10.5 Å². The maximum absolute atomic E-state index is 12.2. The van der Waals surface area contributed by atoms with Gasteiger partial charge in [0.2, 0.25) is 5.95 Å². The Labute approximate surface area is 57.6 Å². The van der Waals surface area contributed by atoms with Crippen molar-refractivity contribution in [3.05, 3.63) is 18.1 Å². The Morgan fingerprint density at radius 3 is 2.80 bits per heavy atom. The van der Waals surface area contributed by atoms with Crippen LogP contribution >= 0.6 is 0 Å². The summed E-state index contributed by atoms with van der Waals surface area (Å²) in [6.07, 6.45) is 0. The molecular weight excluding hydrogens is 135 g/mol. The molecular formula is C6H7FN2O. The molecule has 0 radical (unpaired) electrons. The Bertz CT molecular complexity index is 239. The first-order valence-corrected chi connectivity index (χ1v) is 2.70. The van der Waals surface area contributed by atoms with Crippen LogP contribution in [0, 0.1) is 5.95 Å². The predicted octanol–water partition coefficient (Wildman–Crippen LogP) is 0.811. The Balaban J connectivity index is 3.07. The third kappa shape index (κ3) is 1.15. The Kier molecular flexibility index (Phi) is 1.71. The van der Waals surface area contributed by atoms with E-state index in [0.717, 1.165) is 0 Å². The lowest BCUT2D eigenvalue weighted by Crippen LogP contribution is -1.96. The molecule has 1 heterocycles. The summed E-state index contributed by atoms with van der Waals surface area (Å²) < 4.78 is 17.0. The van der Waals surface area contributed by atoms with E-state index in [-0.39, 0.29) is 5.82 Å². The van der Waals surface area contributed by atoms with E-state index in [4.69, 9.17) is 10.5 Å². The van der Waals surface area contributed by atoms with E-state index in [9.17, 15) is 4.39 Å². The zero-order valence-corrected chi connectivity index (χ0v) is 5.47. The lowest BCUT2D eigenvalue weighted by molar-refractivity contribution is 0.413. The smallest absolute Gasteiger partial charge is 0.215 e. The Hall–Kier alpha value is -1.32. The molecule has 0 saturated heterocycles. The van der Waals surface area contributed by atoms with E-state index in [2.05, 4.69) is 4.98 Å². The Morgan fingerprint density at radius 1 is 1.60 bits per heavy atom. The fraction of sp³-hybridized carbons (Fsp3) is 0.167. The van der Waals surface area contributed by atoms with Gasteiger partial charge in [-0.2, -0.15) is 9.37 Å². The number of nitrogens with two attached hydrogens (primary N) is 1. The highest BCUT2D eigenvalue weighted by atomic mass is 19.1. The highest BCUT2D eigenvalue weighted by Crippen LogP contribution is 2.16. The molecule has 1 rings (SSSR count). The molecule has 0 aromatic carbocycles. The van der Waals surface area contributed by atoms with Gasteiger partial charge in [0.05, 0.1) is 7.11 Å². The van der Waals surface area contributed by atoms with E-state index in [1.807, 2.05) is 0 Å². The zero-order chi connectivity index (χ0) is 7.56. The van der Waals surface area contributed by atoms with Gasteiger partial charge in [-0.1, -0.05) is 0 Å². The van der Waals surface area contributed by atoms with Crippen molar-refractivity contribution in [1.82, 2.24) is 4.98 Å². The van der Waals surface area contributed by atoms with Gasteiger partial charge in [0.15, 0.2) is 11.6 Å². The normalized spacial score (nSPS) is 9.40. The molecule has 3 nitrogen and oxygen atoms in total. The van der Waals surface area contributed by atoms with Gasteiger partial charge in [-0.05, 0) is 12.1 Å². The van der Waals surface area contributed by atoms with Gasteiger partial charge in [0.1, 0.15) is 0 Å². The van der Waals surface area contributed by atoms with E-state index in [1.54, 1.807) is 0 Å². The van der Waals surface area contributed by atoms with Crippen LogP contribution in [0.2, 0.25) is 0 Å². The first kappa shape index (κ1) is 6.80. The SMILES string of the molecule is COc1ccc(F)nc1N. The second-order valence-corrected chi connectivity index (χ2v) is 1.72. The summed E-state index contributed by atoms with van der Waals surface area (Å²) in [5.41, 5.74) is 5.26. The summed E-state index contributed by atoms with van der Waals surface area (Å²) in [7, 11) is 1.45. The number of nitrogen functional groups attached to an aromatic ring is 1. The second-order valence-electron chi connectivity index (χ2n) is 1.72. The number of anilines is 1. The fourth-order valence-electron chi connectivity index (χ4n) is 0.610. The molecule has 0 bridgehead atoms. The minimum atomic E-state index is -0.599. The van der Waals surface area contributed by atoms with Crippen molar-refractivity contribution >= 4 is 5.82 Å². The number of ether oxygens (including phenoxy) is 1. The molecule has 1 aromatic rings. The van der Waals surface area contributed by atoms with Crippen LogP contribution in [0.5, 0.6) is 5.75 Å². The van der Waals surface area contributed by atoms with E-state index in [1.165, 1.54) is 19.2 Å². The van der Waals surface area contributed by atoms with Crippen LogP contribution in [0.15, 0.2) is 12.1 Å². The third-order valence-corrected chi connectivity index (χ3v) is 1.07. The van der Waals surface area contributed by atoms with E-state index >= 15 is 0 Å². The number of pyridine rings is 1. The fourth-order valence-corrected chi connectivity index (χ4v) is 0.610. The molecule has 1 aromatic heterocycles. The van der Waals surface area contributed by atoms with Crippen LogP contribution in [0.25, 0.3) is 0 Å². The number of halogens is 1. The van der Waals surface area contributed by atoms with Crippen LogP contribution < -0.4 is 10.5 Å². The number of aromatic nitrogens is 1. The number of rotatable bonds is 1. The van der Waals surface area contributed by atoms with Gasteiger partial charge in [0, 0.05) is 0 Å². The summed E-state index contributed by atoms with van der Waals surface area (Å²) in [5, 5.41) is 0. The van der Waals surface area contributed by atoms with Gasteiger partial charge in [-0.15, -0.1) is 0 Å². The minimum Gasteiger partial charge on any atom is -0.493 e. The van der Waals surface area contributed by atoms with Crippen molar-refractivity contribution < 1.29 is 9.13 Å². The number of methoxy groups -OCH3 is 1. The van der Waals surface area contributed by atoms with Crippen LogP contribution in [0.3, 0.4) is 0 Å². The maximum Gasteiger partial charge on any atom is 0.215 e. The Morgan fingerprint density at radius 2 is 2.30 bits per heavy atom. The largest absolute Gasteiger partial charge is 0.493 e. The van der Waals surface area contributed by atoms with Gasteiger partial charge >= 0.3 is 0 Å². The first-order valence-electron chi connectivity index (χ1n) is 2.70. The molecule has 0 spiro atoms. The first-order chi connectivity index (χ1) is 4.74. The van der Waals surface area contributed by atoms with Crippen LogP contribution in [-0.2, 0) is 0 Å². The summed E-state index contributed by atoms with van der Waals surface area (Å²) in [6.45, 7) is 0. The lowest BCUT2D eigenvalue weighted by Gasteiger charge is -2.00. The molecule has 0 saturated carbocycles. The highest BCUT2D eigenvalue weighted by molar-refractivity contribution is 5.44. The molecule has 0 fully saturated rings. The van der Waals surface area contributed by atoms with Crippen LogP contribution in [0.4, 0.5) is 10.2 Å². The molecule has 0 atom stereocenters. The number of nitrogens with zero attached hydrogens (tertiary/aromatic N) is 1. The predicted molar refractivity (Wildman–Crippen MR) is 35.2 cm³/mol. The highest BCUT2D eigenvalue weighted by Gasteiger charge is 1.99. The van der Waals surface area contributed by atoms with Crippen molar-refractivity contribution in [1.29, 1.82) is 0 Å². The quantitative estimate of drug-likeness (QED) is 0.590. The standard InChI is InChI=1S/C6H7FN2O/c1-10-4-2-3-5(7)9-6(4)8/h2-3H,1H3,(H2,8,9). The summed E-state index contributed by atoms with van der Waals surface area (Å²) in [6, 6.07) is 2.62.